The SMILES string of the molecule is Cc1ccc2nc(-c3ccc(NC(=O)C(C#N)=Cc4ccc(N(C)CCS(=O)(=O)O)cc4)cc3)sc2c1S(=O)(=O)O. The molecule has 41 heavy (non-hydrogen) atoms. The highest BCUT2D eigenvalue weighted by Crippen LogP contribution is 2.36. The lowest BCUT2D eigenvalue weighted by Crippen LogP contribution is -2.24. The summed E-state index contributed by atoms with van der Waals surface area (Å²) in [6.45, 7) is 1.68. The topological polar surface area (TPSA) is 178 Å². The molecule has 14 heteroatoms. The summed E-state index contributed by atoms with van der Waals surface area (Å²) >= 11 is 1.12. The van der Waals surface area contributed by atoms with Crippen LogP contribution < -0.4 is 10.2 Å². The first-order valence-electron chi connectivity index (χ1n) is 11.9. The van der Waals surface area contributed by atoms with E-state index >= 15 is 0 Å². The minimum Gasteiger partial charge on any atom is -0.373 e. The number of benzene rings is 3. The highest BCUT2D eigenvalue weighted by Gasteiger charge is 2.21. The van der Waals surface area contributed by atoms with E-state index in [1.807, 2.05) is 6.07 Å². The van der Waals surface area contributed by atoms with Crippen molar-refractivity contribution in [2.24, 2.45) is 0 Å². The number of aromatic nitrogens is 1. The lowest BCUT2D eigenvalue weighted by Gasteiger charge is -2.18. The number of carbonyl (C=O) groups excluding carboxylic acids is 1. The standard InChI is InChI=1S/C27H24N4O7S3/c1-17-3-12-23-24(25(17)41(36,37)38)39-27(30-23)19-6-8-21(9-7-19)29-26(32)20(16-28)15-18-4-10-22(11-5-18)31(2)13-14-40(33,34)35/h3-12,15H,13-14H2,1-2H3,(H,29,32)(H,33,34,35)(H,36,37,38). The first-order chi connectivity index (χ1) is 19.2. The van der Waals surface area contributed by atoms with Gasteiger partial charge in [-0.05, 0) is 66.6 Å². The van der Waals surface area contributed by atoms with Crippen molar-refractivity contribution in [2.75, 3.05) is 29.6 Å². The molecule has 3 N–H and O–H groups in total. The van der Waals surface area contributed by atoms with E-state index in [0.29, 0.717) is 43.3 Å². The monoisotopic (exact) mass is 612 g/mol. The molecule has 0 spiro atoms. The van der Waals surface area contributed by atoms with Crippen LogP contribution in [0.1, 0.15) is 11.1 Å². The molecule has 11 nitrogen and oxygen atoms in total. The van der Waals surface area contributed by atoms with Crippen LogP contribution in [0.5, 0.6) is 0 Å². The summed E-state index contributed by atoms with van der Waals surface area (Å²) in [4.78, 5) is 18.7. The van der Waals surface area contributed by atoms with Crippen molar-refractivity contribution >= 4 is 65.1 Å². The molecule has 0 fully saturated rings. The van der Waals surface area contributed by atoms with E-state index in [-0.39, 0.29) is 17.0 Å². The molecule has 0 aliphatic carbocycles. The summed E-state index contributed by atoms with van der Waals surface area (Å²) in [5, 5.41) is 12.7. The number of rotatable bonds is 9. The van der Waals surface area contributed by atoms with Crippen LogP contribution in [0, 0.1) is 18.3 Å². The van der Waals surface area contributed by atoms with Gasteiger partial charge in [0.05, 0.1) is 16.0 Å². The fourth-order valence-corrected chi connectivity index (χ4v) is 6.75. The quantitative estimate of drug-likeness (QED) is 0.139. The van der Waals surface area contributed by atoms with Gasteiger partial charge in [0, 0.05) is 30.5 Å². The second-order valence-electron chi connectivity index (χ2n) is 9.05. The Hall–Kier alpha value is -4.13. The number of hydrogen-bond donors (Lipinski definition) is 3. The Balaban J connectivity index is 1.47. The van der Waals surface area contributed by atoms with Gasteiger partial charge in [0.15, 0.2) is 0 Å². The number of nitrogens with zero attached hydrogens (tertiary/aromatic N) is 3. The second kappa shape index (κ2) is 11.8. The van der Waals surface area contributed by atoms with Crippen LogP contribution in [0.4, 0.5) is 11.4 Å². The summed E-state index contributed by atoms with van der Waals surface area (Å²) < 4.78 is 64.6. The Bertz CT molecular complexity index is 1910. The van der Waals surface area contributed by atoms with Gasteiger partial charge in [-0.2, -0.15) is 22.1 Å². The molecule has 3 aromatic carbocycles. The second-order valence-corrected chi connectivity index (χ2v) is 13.0. The molecule has 0 atom stereocenters. The van der Waals surface area contributed by atoms with Crippen molar-refractivity contribution < 1.29 is 30.7 Å². The van der Waals surface area contributed by atoms with Crippen LogP contribution in [0.25, 0.3) is 26.9 Å². The lowest BCUT2D eigenvalue weighted by molar-refractivity contribution is -0.112. The van der Waals surface area contributed by atoms with Gasteiger partial charge in [-0.1, -0.05) is 18.2 Å². The van der Waals surface area contributed by atoms with Crippen LogP contribution >= 0.6 is 11.3 Å². The number of thiazole rings is 1. The van der Waals surface area contributed by atoms with Gasteiger partial charge in [-0.15, -0.1) is 11.3 Å². The third-order valence-corrected chi connectivity index (χ3v) is 9.06. The molecule has 1 heterocycles. The molecular weight excluding hydrogens is 589 g/mol. The predicted molar refractivity (Wildman–Crippen MR) is 158 cm³/mol. The van der Waals surface area contributed by atoms with Gasteiger partial charge in [-0.3, -0.25) is 13.9 Å². The molecule has 1 amide bonds. The smallest absolute Gasteiger partial charge is 0.296 e. The zero-order valence-electron chi connectivity index (χ0n) is 21.8. The van der Waals surface area contributed by atoms with Gasteiger partial charge in [0.1, 0.15) is 21.5 Å². The van der Waals surface area contributed by atoms with Gasteiger partial charge >= 0.3 is 0 Å². The molecule has 4 aromatic rings. The molecule has 0 saturated carbocycles. The van der Waals surface area contributed by atoms with Gasteiger partial charge in [0.25, 0.3) is 26.1 Å². The molecule has 0 radical (unpaired) electrons. The van der Waals surface area contributed by atoms with E-state index < -0.39 is 31.9 Å². The summed E-state index contributed by atoms with van der Waals surface area (Å²) in [7, 11) is -6.85. The average molecular weight is 613 g/mol. The van der Waals surface area contributed by atoms with Gasteiger partial charge in [0.2, 0.25) is 0 Å². The molecule has 1 aromatic heterocycles. The number of nitrogens with one attached hydrogen (secondary N) is 1. The van der Waals surface area contributed by atoms with Crippen LogP contribution in [-0.4, -0.2) is 56.2 Å². The largest absolute Gasteiger partial charge is 0.373 e. The van der Waals surface area contributed by atoms with Crippen molar-refractivity contribution in [3.8, 4) is 16.6 Å². The van der Waals surface area contributed by atoms with Gasteiger partial charge in [-0.25, -0.2) is 4.98 Å². The fourth-order valence-electron chi connectivity index (χ4n) is 3.93. The van der Waals surface area contributed by atoms with Crippen molar-refractivity contribution in [3.63, 3.8) is 0 Å². The Morgan fingerprint density at radius 2 is 1.71 bits per heavy atom. The summed E-state index contributed by atoms with van der Waals surface area (Å²) in [5.74, 6) is -1.04. The van der Waals surface area contributed by atoms with E-state index in [0.717, 1.165) is 11.3 Å². The van der Waals surface area contributed by atoms with Crippen molar-refractivity contribution in [1.29, 1.82) is 5.26 Å². The van der Waals surface area contributed by atoms with Crippen LogP contribution in [0.15, 0.2) is 71.1 Å². The maximum atomic E-state index is 12.8. The number of amides is 1. The number of carbonyl (C=O) groups is 1. The summed E-state index contributed by atoms with van der Waals surface area (Å²) in [5.41, 5.74) is 3.06. The first kappa shape index (κ1) is 29.8. The normalized spacial score (nSPS) is 12.2. The summed E-state index contributed by atoms with van der Waals surface area (Å²) in [6, 6.07) is 18.5. The predicted octanol–water partition coefficient (Wildman–Crippen LogP) is 4.39. The van der Waals surface area contributed by atoms with Crippen molar-refractivity contribution in [3.05, 3.63) is 77.4 Å². The van der Waals surface area contributed by atoms with Crippen molar-refractivity contribution in [2.45, 2.75) is 11.8 Å². The van der Waals surface area contributed by atoms with E-state index in [2.05, 4.69) is 10.3 Å². The molecule has 0 aliphatic heterocycles. The molecule has 0 bridgehead atoms. The molecule has 0 unspecified atom stereocenters. The maximum absolute atomic E-state index is 12.8. The van der Waals surface area contributed by atoms with E-state index in [1.54, 1.807) is 79.5 Å². The summed E-state index contributed by atoms with van der Waals surface area (Å²) in [6.07, 6.45) is 1.42. The zero-order valence-corrected chi connectivity index (χ0v) is 24.2. The maximum Gasteiger partial charge on any atom is 0.296 e. The first-order valence-corrected chi connectivity index (χ1v) is 15.8. The minimum absolute atomic E-state index is 0.0862. The van der Waals surface area contributed by atoms with Crippen molar-refractivity contribution in [1.82, 2.24) is 4.98 Å². The Labute approximate surface area is 240 Å². The molecule has 212 valence electrons. The third kappa shape index (κ3) is 7.34. The minimum atomic E-state index is -4.44. The molecule has 0 aliphatic rings. The highest BCUT2D eigenvalue weighted by atomic mass is 32.2. The zero-order chi connectivity index (χ0) is 29.9. The Morgan fingerprint density at radius 1 is 1.05 bits per heavy atom. The van der Waals surface area contributed by atoms with E-state index in [9.17, 15) is 31.4 Å². The number of fused-ring (bicyclic) bond motifs is 1. The van der Waals surface area contributed by atoms with E-state index in [1.165, 1.54) is 6.08 Å². The van der Waals surface area contributed by atoms with Crippen LogP contribution in [-0.2, 0) is 25.0 Å². The molecular formula is C27H24N4O7S3. The average Bonchev–Trinajstić information content (AvgIpc) is 3.33. The Kier molecular flexibility index (Phi) is 8.57. The van der Waals surface area contributed by atoms with Crippen LogP contribution in [0.3, 0.4) is 0 Å². The van der Waals surface area contributed by atoms with Gasteiger partial charge < -0.3 is 10.2 Å². The van der Waals surface area contributed by atoms with E-state index in [4.69, 9.17) is 4.55 Å². The lowest BCUT2D eigenvalue weighted by atomic mass is 10.1. The number of aryl methyl sites for hydroxylation is 1. The number of hydrogen-bond acceptors (Lipinski definition) is 9. The number of anilines is 2. The van der Waals surface area contributed by atoms with Crippen LogP contribution in [0.2, 0.25) is 0 Å². The number of nitriles is 1. The Morgan fingerprint density at radius 3 is 2.29 bits per heavy atom. The molecule has 0 saturated heterocycles. The molecule has 4 rings (SSSR count). The third-order valence-electron chi connectivity index (χ3n) is 6.05. The highest BCUT2D eigenvalue weighted by molar-refractivity contribution is 7.86. The fraction of sp³-hybridized carbons (Fsp3) is 0.148.